The molecule has 0 saturated carbocycles. The molecule has 1 saturated heterocycles. The quantitative estimate of drug-likeness (QED) is 0.831. The molecule has 1 aliphatic rings. The molecule has 3 rings (SSSR count). The summed E-state index contributed by atoms with van der Waals surface area (Å²) in [6, 6.07) is 15.5. The van der Waals surface area contributed by atoms with Crippen molar-refractivity contribution in [1.82, 2.24) is 10.2 Å². The van der Waals surface area contributed by atoms with Gasteiger partial charge >= 0.3 is 5.97 Å². The summed E-state index contributed by atoms with van der Waals surface area (Å²) >= 11 is 0. The van der Waals surface area contributed by atoms with Crippen molar-refractivity contribution >= 4 is 17.8 Å². The van der Waals surface area contributed by atoms with Crippen LogP contribution in [0.1, 0.15) is 27.9 Å². The van der Waals surface area contributed by atoms with E-state index in [2.05, 4.69) is 5.32 Å². The first-order valence-electron chi connectivity index (χ1n) is 8.47. The third-order valence-corrected chi connectivity index (χ3v) is 4.39. The third kappa shape index (κ3) is 4.27. The number of rotatable bonds is 6. The Bertz CT molecular complexity index is 820. The van der Waals surface area contributed by atoms with Crippen LogP contribution in [0.3, 0.4) is 0 Å². The average molecular weight is 352 g/mol. The van der Waals surface area contributed by atoms with Gasteiger partial charge in [-0.3, -0.25) is 9.59 Å². The van der Waals surface area contributed by atoms with Gasteiger partial charge in [0.2, 0.25) is 11.8 Å². The number of benzene rings is 2. The molecule has 1 atom stereocenters. The topological polar surface area (TPSA) is 86.7 Å². The lowest BCUT2D eigenvalue weighted by Gasteiger charge is -2.17. The molecule has 0 aliphatic carbocycles. The number of nitrogens with zero attached hydrogens (tertiary/aromatic N) is 1. The first-order valence-corrected chi connectivity index (χ1v) is 8.47. The van der Waals surface area contributed by atoms with E-state index in [1.807, 2.05) is 30.3 Å². The van der Waals surface area contributed by atoms with Crippen molar-refractivity contribution in [2.75, 3.05) is 6.54 Å². The first kappa shape index (κ1) is 17.7. The summed E-state index contributed by atoms with van der Waals surface area (Å²) in [5, 5.41) is 11.8. The number of carboxylic acids is 1. The van der Waals surface area contributed by atoms with E-state index in [9.17, 15) is 14.4 Å². The van der Waals surface area contributed by atoms with Crippen LogP contribution in [-0.4, -0.2) is 40.4 Å². The van der Waals surface area contributed by atoms with Crippen LogP contribution in [0.4, 0.5) is 0 Å². The van der Waals surface area contributed by atoms with Crippen LogP contribution in [0, 0.1) is 0 Å². The number of hydrogen-bond acceptors (Lipinski definition) is 3. The number of amides is 2. The van der Waals surface area contributed by atoms with Crippen LogP contribution in [0.2, 0.25) is 0 Å². The summed E-state index contributed by atoms with van der Waals surface area (Å²) in [4.78, 5) is 37.4. The molecule has 2 aromatic rings. The molecule has 2 aromatic carbocycles. The lowest BCUT2D eigenvalue weighted by molar-refractivity contribution is -0.132. The minimum Gasteiger partial charge on any atom is -0.478 e. The second kappa shape index (κ2) is 7.82. The zero-order valence-corrected chi connectivity index (χ0v) is 14.2. The maximum atomic E-state index is 12.5. The van der Waals surface area contributed by atoms with E-state index in [0.717, 1.165) is 5.56 Å². The molecule has 0 spiro atoms. The first-order chi connectivity index (χ1) is 12.5. The number of carbonyl (C=O) groups is 3. The zero-order valence-electron chi connectivity index (χ0n) is 14.2. The fourth-order valence-electron chi connectivity index (χ4n) is 3.08. The summed E-state index contributed by atoms with van der Waals surface area (Å²) in [5.41, 5.74) is 1.80. The summed E-state index contributed by atoms with van der Waals surface area (Å²) in [6.07, 6.45) is 0.621. The van der Waals surface area contributed by atoms with Crippen molar-refractivity contribution in [3.63, 3.8) is 0 Å². The maximum absolute atomic E-state index is 12.5. The average Bonchev–Trinajstić information content (AvgIpc) is 2.96. The van der Waals surface area contributed by atoms with Crippen LogP contribution in [0.15, 0.2) is 54.6 Å². The molecule has 6 heteroatoms. The normalized spacial score (nSPS) is 16.5. The highest BCUT2D eigenvalue weighted by Gasteiger charge is 2.32. The van der Waals surface area contributed by atoms with Crippen molar-refractivity contribution in [2.24, 2.45) is 0 Å². The molecular formula is C20H20N2O4. The Morgan fingerprint density at radius 3 is 2.54 bits per heavy atom. The summed E-state index contributed by atoms with van der Waals surface area (Å²) in [7, 11) is 0. The summed E-state index contributed by atoms with van der Waals surface area (Å²) in [6.45, 7) is 1.14. The van der Waals surface area contributed by atoms with Gasteiger partial charge in [0.1, 0.15) is 6.04 Å². The molecule has 26 heavy (non-hydrogen) atoms. The fraction of sp³-hybridized carbons (Fsp3) is 0.250. The molecule has 1 unspecified atom stereocenters. The van der Waals surface area contributed by atoms with Gasteiger partial charge in [0, 0.05) is 13.1 Å². The molecule has 134 valence electrons. The van der Waals surface area contributed by atoms with Crippen molar-refractivity contribution in [2.45, 2.75) is 25.4 Å². The lowest BCUT2D eigenvalue weighted by Crippen LogP contribution is -2.41. The molecule has 1 aliphatic heterocycles. The zero-order chi connectivity index (χ0) is 18.5. The van der Waals surface area contributed by atoms with Crippen molar-refractivity contribution in [1.29, 1.82) is 0 Å². The van der Waals surface area contributed by atoms with Gasteiger partial charge in [-0.2, -0.15) is 0 Å². The molecule has 2 N–H and O–H groups in total. The van der Waals surface area contributed by atoms with E-state index in [4.69, 9.17) is 5.11 Å². The van der Waals surface area contributed by atoms with Crippen molar-refractivity contribution in [3.05, 3.63) is 71.3 Å². The summed E-state index contributed by atoms with van der Waals surface area (Å²) < 4.78 is 0. The van der Waals surface area contributed by atoms with Gasteiger partial charge < -0.3 is 15.3 Å². The molecule has 2 amide bonds. The molecule has 0 bridgehead atoms. The highest BCUT2D eigenvalue weighted by atomic mass is 16.4. The number of carbonyl (C=O) groups excluding carboxylic acids is 2. The van der Waals surface area contributed by atoms with Crippen LogP contribution in [-0.2, 0) is 22.6 Å². The molecular weight excluding hydrogens is 332 g/mol. The van der Waals surface area contributed by atoms with Crippen LogP contribution in [0.25, 0.3) is 0 Å². The maximum Gasteiger partial charge on any atom is 0.335 e. The Balaban J connectivity index is 1.56. The van der Waals surface area contributed by atoms with E-state index in [-0.39, 0.29) is 23.8 Å². The number of likely N-dealkylation sites (tertiary alicyclic amines) is 1. The smallest absolute Gasteiger partial charge is 0.335 e. The number of nitrogens with one attached hydrogen (secondary N) is 1. The van der Waals surface area contributed by atoms with E-state index in [1.165, 1.54) is 12.1 Å². The minimum atomic E-state index is -1.03. The van der Waals surface area contributed by atoms with Crippen LogP contribution in [0.5, 0.6) is 0 Å². The van der Waals surface area contributed by atoms with Gasteiger partial charge in [0.05, 0.1) is 12.0 Å². The molecule has 1 heterocycles. The highest BCUT2D eigenvalue weighted by Crippen LogP contribution is 2.15. The van der Waals surface area contributed by atoms with Gasteiger partial charge in [-0.25, -0.2) is 4.79 Å². The van der Waals surface area contributed by atoms with Crippen LogP contribution >= 0.6 is 0 Å². The highest BCUT2D eigenvalue weighted by molar-refractivity contribution is 5.90. The Labute approximate surface area is 151 Å². The Kier molecular flexibility index (Phi) is 5.31. The standard InChI is InChI=1S/C20H20N2O4/c23-18(12-15-7-4-8-16(11-15)20(25)26)21-17-9-10-22(19(17)24)13-14-5-2-1-3-6-14/h1-8,11,17H,9-10,12-13H2,(H,21,23)(H,25,26). The molecule has 1 fully saturated rings. The predicted octanol–water partition coefficient (Wildman–Crippen LogP) is 1.84. The van der Waals surface area contributed by atoms with Gasteiger partial charge in [-0.1, -0.05) is 42.5 Å². The molecule has 0 aromatic heterocycles. The summed E-state index contributed by atoms with van der Waals surface area (Å²) in [5.74, 6) is -1.40. The van der Waals surface area contributed by atoms with Gasteiger partial charge in [0.25, 0.3) is 0 Å². The Hall–Kier alpha value is -3.15. The lowest BCUT2D eigenvalue weighted by atomic mass is 10.1. The SMILES string of the molecule is O=C(Cc1cccc(C(=O)O)c1)NC1CCN(Cc2ccccc2)C1=O. The monoisotopic (exact) mass is 352 g/mol. The number of aromatic carboxylic acids is 1. The number of hydrogen-bond donors (Lipinski definition) is 2. The number of carboxylic acid groups (broad SMARTS) is 1. The third-order valence-electron chi connectivity index (χ3n) is 4.39. The fourth-order valence-corrected chi connectivity index (χ4v) is 3.08. The van der Waals surface area contributed by atoms with E-state index in [0.29, 0.717) is 25.1 Å². The second-order valence-corrected chi connectivity index (χ2v) is 6.34. The van der Waals surface area contributed by atoms with Gasteiger partial charge in [-0.15, -0.1) is 0 Å². The van der Waals surface area contributed by atoms with Crippen LogP contribution < -0.4 is 5.32 Å². The van der Waals surface area contributed by atoms with Gasteiger partial charge in [-0.05, 0) is 29.7 Å². The molecule has 6 nitrogen and oxygen atoms in total. The van der Waals surface area contributed by atoms with E-state index < -0.39 is 12.0 Å². The largest absolute Gasteiger partial charge is 0.478 e. The Morgan fingerprint density at radius 1 is 1.08 bits per heavy atom. The van der Waals surface area contributed by atoms with Gasteiger partial charge in [0.15, 0.2) is 0 Å². The van der Waals surface area contributed by atoms with E-state index in [1.54, 1.807) is 17.0 Å². The second-order valence-electron chi connectivity index (χ2n) is 6.34. The van der Waals surface area contributed by atoms with Crippen molar-refractivity contribution < 1.29 is 19.5 Å². The molecule has 0 radical (unpaired) electrons. The minimum absolute atomic E-state index is 0.0452. The Morgan fingerprint density at radius 2 is 1.81 bits per heavy atom. The van der Waals surface area contributed by atoms with E-state index >= 15 is 0 Å². The van der Waals surface area contributed by atoms with Crippen molar-refractivity contribution in [3.8, 4) is 0 Å². The predicted molar refractivity (Wildman–Crippen MR) is 95.5 cm³/mol.